The predicted octanol–water partition coefficient (Wildman–Crippen LogP) is 5.81. The molecule has 0 saturated carbocycles. The van der Waals surface area contributed by atoms with E-state index in [4.69, 9.17) is 4.98 Å². The number of carbonyl (C=O) groups excluding carboxylic acids is 1. The molecule has 5 heteroatoms. The summed E-state index contributed by atoms with van der Waals surface area (Å²) in [4.78, 5) is 18.4. The maximum absolute atomic E-state index is 13.6. The van der Waals surface area contributed by atoms with E-state index in [-0.39, 0.29) is 5.91 Å². The minimum Gasteiger partial charge on any atom is -0.310 e. The number of carbonyl (C=O) groups is 1. The summed E-state index contributed by atoms with van der Waals surface area (Å²) in [6.45, 7) is 3.97. The second-order valence-corrected chi connectivity index (χ2v) is 8.14. The summed E-state index contributed by atoms with van der Waals surface area (Å²) in [6.07, 6.45) is 0. The molecule has 0 aliphatic heterocycles. The molecular weight excluding hydrogens is 408 g/mol. The smallest absolute Gasteiger partial charge is 0.237 e. The Hall–Kier alpha value is -4.25. The normalized spacial score (nSPS) is 11.1. The number of nitrogens with one attached hydrogen (secondary N) is 1. The Kier molecular flexibility index (Phi) is 5.45. The molecule has 1 amide bonds. The standard InChI is InChI=1S/C28H24N4O/c1-19-17-25(29-24-16-10-9-15-23(19)24)32-26(18-20(2)31-32)30-28(33)27(21-11-5-3-6-12-21)22-13-7-4-8-14-22/h3-18,27H,1-2H3,(H,30,33). The average Bonchev–Trinajstić information content (AvgIpc) is 3.20. The Labute approximate surface area is 192 Å². The van der Waals surface area contributed by atoms with Crippen LogP contribution >= 0.6 is 0 Å². The monoisotopic (exact) mass is 432 g/mol. The highest BCUT2D eigenvalue weighted by Crippen LogP contribution is 2.28. The highest BCUT2D eigenvalue weighted by atomic mass is 16.2. The summed E-state index contributed by atoms with van der Waals surface area (Å²) in [7, 11) is 0. The first-order chi connectivity index (χ1) is 16.1. The van der Waals surface area contributed by atoms with Crippen LogP contribution in [0.1, 0.15) is 28.3 Å². The first kappa shape index (κ1) is 20.6. The molecule has 0 radical (unpaired) electrons. The van der Waals surface area contributed by atoms with Gasteiger partial charge in [0.15, 0.2) is 5.82 Å². The average molecular weight is 433 g/mol. The van der Waals surface area contributed by atoms with E-state index in [1.165, 1.54) is 0 Å². The van der Waals surface area contributed by atoms with Crippen LogP contribution in [0.2, 0.25) is 0 Å². The van der Waals surface area contributed by atoms with E-state index in [1.54, 1.807) is 4.68 Å². The van der Waals surface area contributed by atoms with E-state index in [0.717, 1.165) is 33.3 Å². The molecule has 0 saturated heterocycles. The van der Waals surface area contributed by atoms with Gasteiger partial charge < -0.3 is 5.32 Å². The van der Waals surface area contributed by atoms with Crippen molar-refractivity contribution >= 4 is 22.6 Å². The van der Waals surface area contributed by atoms with Crippen molar-refractivity contribution in [3.63, 3.8) is 0 Å². The third-order valence-corrected chi connectivity index (χ3v) is 5.74. The van der Waals surface area contributed by atoms with E-state index >= 15 is 0 Å². The minimum absolute atomic E-state index is 0.119. The van der Waals surface area contributed by atoms with Gasteiger partial charge >= 0.3 is 0 Å². The topological polar surface area (TPSA) is 59.8 Å². The second kappa shape index (κ2) is 8.71. The molecule has 0 aliphatic carbocycles. The highest BCUT2D eigenvalue weighted by molar-refractivity contribution is 5.98. The van der Waals surface area contributed by atoms with Gasteiger partial charge in [-0.25, -0.2) is 4.98 Å². The SMILES string of the molecule is Cc1cc(NC(=O)C(c2ccccc2)c2ccccc2)n(-c2cc(C)c3ccccc3n2)n1. The highest BCUT2D eigenvalue weighted by Gasteiger charge is 2.24. The molecule has 0 aliphatic rings. The number of fused-ring (bicyclic) bond motifs is 1. The van der Waals surface area contributed by atoms with Gasteiger partial charge in [-0.1, -0.05) is 78.9 Å². The minimum atomic E-state index is -0.442. The lowest BCUT2D eigenvalue weighted by Gasteiger charge is -2.18. The Morgan fingerprint density at radius 1 is 0.818 bits per heavy atom. The van der Waals surface area contributed by atoms with Crippen LogP contribution in [-0.4, -0.2) is 20.7 Å². The lowest BCUT2D eigenvalue weighted by molar-refractivity contribution is -0.116. The van der Waals surface area contributed by atoms with Gasteiger partial charge in [-0.3, -0.25) is 4.79 Å². The van der Waals surface area contributed by atoms with Crippen molar-refractivity contribution in [2.75, 3.05) is 5.32 Å². The molecule has 0 spiro atoms. The van der Waals surface area contributed by atoms with Crippen molar-refractivity contribution in [3.05, 3.63) is 119 Å². The second-order valence-electron chi connectivity index (χ2n) is 8.14. The number of benzene rings is 3. The summed E-state index contributed by atoms with van der Waals surface area (Å²) in [5.41, 5.74) is 4.66. The van der Waals surface area contributed by atoms with Crippen molar-refractivity contribution in [2.45, 2.75) is 19.8 Å². The number of pyridine rings is 1. The van der Waals surface area contributed by atoms with Crippen molar-refractivity contribution < 1.29 is 4.79 Å². The Morgan fingerprint density at radius 2 is 1.42 bits per heavy atom. The molecule has 0 unspecified atom stereocenters. The third-order valence-electron chi connectivity index (χ3n) is 5.74. The van der Waals surface area contributed by atoms with Crippen molar-refractivity contribution in [1.82, 2.24) is 14.8 Å². The first-order valence-corrected chi connectivity index (χ1v) is 10.9. The van der Waals surface area contributed by atoms with E-state index in [9.17, 15) is 4.79 Å². The van der Waals surface area contributed by atoms with Gasteiger partial charge in [-0.15, -0.1) is 0 Å². The molecule has 3 aromatic carbocycles. The molecule has 2 heterocycles. The summed E-state index contributed by atoms with van der Waals surface area (Å²) < 4.78 is 1.71. The van der Waals surface area contributed by atoms with E-state index in [1.807, 2.05) is 97.9 Å². The lowest BCUT2D eigenvalue weighted by atomic mass is 9.90. The Bertz CT molecular complexity index is 1390. The Morgan fingerprint density at radius 3 is 2.09 bits per heavy atom. The summed E-state index contributed by atoms with van der Waals surface area (Å²) in [6, 6.07) is 31.5. The third kappa shape index (κ3) is 4.13. The zero-order chi connectivity index (χ0) is 22.8. The maximum Gasteiger partial charge on any atom is 0.237 e. The zero-order valence-corrected chi connectivity index (χ0v) is 18.6. The maximum atomic E-state index is 13.6. The largest absolute Gasteiger partial charge is 0.310 e. The first-order valence-electron chi connectivity index (χ1n) is 10.9. The number of hydrogen-bond donors (Lipinski definition) is 1. The van der Waals surface area contributed by atoms with Gasteiger partial charge in [-0.2, -0.15) is 9.78 Å². The molecule has 2 aromatic heterocycles. The van der Waals surface area contributed by atoms with Crippen LogP contribution in [0.5, 0.6) is 0 Å². The summed E-state index contributed by atoms with van der Waals surface area (Å²) >= 11 is 0. The van der Waals surface area contributed by atoms with Crippen molar-refractivity contribution in [1.29, 1.82) is 0 Å². The zero-order valence-electron chi connectivity index (χ0n) is 18.6. The molecule has 5 aromatic rings. The van der Waals surface area contributed by atoms with E-state index < -0.39 is 5.92 Å². The van der Waals surface area contributed by atoms with Crippen LogP contribution in [-0.2, 0) is 4.79 Å². The molecule has 5 nitrogen and oxygen atoms in total. The number of aromatic nitrogens is 3. The quantitative estimate of drug-likeness (QED) is 0.381. The van der Waals surface area contributed by atoms with Gasteiger partial charge in [-0.05, 0) is 42.7 Å². The number of aryl methyl sites for hydroxylation is 2. The van der Waals surface area contributed by atoms with Crippen LogP contribution in [0.4, 0.5) is 5.82 Å². The van der Waals surface area contributed by atoms with Gasteiger partial charge in [0.1, 0.15) is 5.82 Å². The predicted molar refractivity (Wildman–Crippen MR) is 132 cm³/mol. The molecule has 33 heavy (non-hydrogen) atoms. The van der Waals surface area contributed by atoms with Crippen molar-refractivity contribution in [3.8, 4) is 5.82 Å². The molecule has 0 fully saturated rings. The van der Waals surface area contributed by atoms with Crippen LogP contribution in [0.3, 0.4) is 0 Å². The van der Waals surface area contributed by atoms with Crippen molar-refractivity contribution in [2.24, 2.45) is 0 Å². The van der Waals surface area contributed by atoms with Gasteiger partial charge in [0, 0.05) is 11.5 Å². The van der Waals surface area contributed by atoms with Crippen LogP contribution in [0.15, 0.2) is 97.1 Å². The lowest BCUT2D eigenvalue weighted by Crippen LogP contribution is -2.23. The molecule has 1 N–H and O–H groups in total. The number of para-hydroxylation sites is 1. The van der Waals surface area contributed by atoms with Crippen LogP contribution in [0, 0.1) is 13.8 Å². The molecule has 0 bridgehead atoms. The van der Waals surface area contributed by atoms with Crippen LogP contribution < -0.4 is 5.32 Å². The fourth-order valence-electron chi connectivity index (χ4n) is 4.19. The van der Waals surface area contributed by atoms with Gasteiger partial charge in [0.05, 0.1) is 17.1 Å². The summed E-state index contributed by atoms with van der Waals surface area (Å²) in [5, 5.41) is 8.84. The molecule has 162 valence electrons. The molecule has 0 atom stereocenters. The number of rotatable bonds is 5. The van der Waals surface area contributed by atoms with Gasteiger partial charge in [0.25, 0.3) is 0 Å². The number of hydrogen-bond acceptors (Lipinski definition) is 3. The van der Waals surface area contributed by atoms with Gasteiger partial charge in [0.2, 0.25) is 5.91 Å². The Balaban J connectivity index is 1.54. The number of nitrogens with zero attached hydrogens (tertiary/aromatic N) is 3. The fraction of sp³-hybridized carbons (Fsp3) is 0.107. The van der Waals surface area contributed by atoms with E-state index in [2.05, 4.69) is 23.4 Å². The van der Waals surface area contributed by atoms with E-state index in [0.29, 0.717) is 11.6 Å². The fourth-order valence-corrected chi connectivity index (χ4v) is 4.19. The number of amides is 1. The molecule has 5 rings (SSSR count). The van der Waals surface area contributed by atoms with Crippen LogP contribution in [0.25, 0.3) is 16.7 Å². The number of anilines is 1. The summed E-state index contributed by atoms with van der Waals surface area (Å²) in [5.74, 6) is 0.704. The molecular formula is C28H24N4O.